The highest BCUT2D eigenvalue weighted by molar-refractivity contribution is 5.66. The van der Waals surface area contributed by atoms with Crippen LogP contribution in [0.15, 0.2) is 72.8 Å². The Morgan fingerprint density at radius 2 is 1.55 bits per heavy atom. The first-order valence-electron chi connectivity index (χ1n) is 10.1. The molecule has 3 aromatic rings. The Hall–Kier alpha value is -2.59. The first-order valence-corrected chi connectivity index (χ1v) is 10.1. The lowest BCUT2D eigenvalue weighted by Gasteiger charge is -2.33. The fourth-order valence-corrected chi connectivity index (χ4v) is 4.89. The van der Waals surface area contributed by atoms with E-state index in [9.17, 15) is 13.2 Å². The van der Waals surface area contributed by atoms with Crippen LogP contribution < -0.4 is 0 Å². The molecule has 1 saturated heterocycles. The molecule has 0 spiro atoms. The fraction of sp³-hybridized carbons (Fsp3) is 0.280. The number of nitrogens with zero attached hydrogens (tertiary/aromatic N) is 1. The average Bonchev–Trinajstić information content (AvgIpc) is 3.03. The number of alkyl halides is 3. The van der Waals surface area contributed by atoms with Gasteiger partial charge >= 0.3 is 6.18 Å². The monoisotopic (exact) mass is 393 g/mol. The minimum absolute atomic E-state index is 0.387. The summed E-state index contributed by atoms with van der Waals surface area (Å²) in [5, 5.41) is 0. The second kappa shape index (κ2) is 7.03. The molecule has 1 aliphatic heterocycles. The molecule has 1 aliphatic carbocycles. The maximum atomic E-state index is 12.9. The summed E-state index contributed by atoms with van der Waals surface area (Å²) in [6.07, 6.45) is -2.00. The zero-order chi connectivity index (χ0) is 20.0. The Balaban J connectivity index is 1.44. The zero-order valence-electron chi connectivity index (χ0n) is 16.0. The van der Waals surface area contributed by atoms with Crippen molar-refractivity contribution in [2.75, 3.05) is 6.54 Å². The van der Waals surface area contributed by atoms with Gasteiger partial charge < -0.3 is 0 Å². The van der Waals surface area contributed by atoms with Crippen LogP contribution in [-0.4, -0.2) is 11.4 Å². The van der Waals surface area contributed by atoms with Crippen molar-refractivity contribution < 1.29 is 13.2 Å². The molecule has 2 atom stereocenters. The van der Waals surface area contributed by atoms with Gasteiger partial charge in [0, 0.05) is 12.6 Å². The van der Waals surface area contributed by atoms with Crippen molar-refractivity contribution in [2.24, 2.45) is 0 Å². The lowest BCUT2D eigenvalue weighted by Crippen LogP contribution is -2.31. The molecule has 1 unspecified atom stereocenters. The lowest BCUT2D eigenvalue weighted by atomic mass is 9.94. The Labute approximate surface area is 168 Å². The molecule has 148 valence electrons. The van der Waals surface area contributed by atoms with Crippen molar-refractivity contribution in [1.82, 2.24) is 4.90 Å². The van der Waals surface area contributed by atoms with E-state index in [1.807, 2.05) is 6.07 Å². The van der Waals surface area contributed by atoms with Gasteiger partial charge in [0.05, 0.1) is 5.56 Å². The molecule has 1 heterocycles. The van der Waals surface area contributed by atoms with Crippen LogP contribution in [0.3, 0.4) is 0 Å². The SMILES string of the molecule is FC(F)(F)c1ccc(-c2ccc3c(c2)[C@H]2CC3CCN2Cc2ccccc2)cc1. The van der Waals surface area contributed by atoms with E-state index < -0.39 is 11.7 Å². The summed E-state index contributed by atoms with van der Waals surface area (Å²) in [5.74, 6) is 0.601. The molecule has 0 radical (unpaired) electrons. The number of piperidine rings is 1. The van der Waals surface area contributed by atoms with Crippen molar-refractivity contribution in [3.8, 4) is 11.1 Å². The second-order valence-electron chi connectivity index (χ2n) is 8.11. The van der Waals surface area contributed by atoms with Crippen molar-refractivity contribution in [3.05, 3.63) is 95.1 Å². The predicted molar refractivity (Wildman–Crippen MR) is 108 cm³/mol. The van der Waals surface area contributed by atoms with E-state index >= 15 is 0 Å². The first kappa shape index (κ1) is 18.4. The molecule has 1 nitrogen and oxygen atoms in total. The van der Waals surface area contributed by atoms with Crippen LogP contribution in [0.4, 0.5) is 13.2 Å². The number of likely N-dealkylation sites (tertiary alicyclic amines) is 1. The minimum Gasteiger partial charge on any atom is -0.292 e. The zero-order valence-corrected chi connectivity index (χ0v) is 16.0. The molecular weight excluding hydrogens is 371 g/mol. The van der Waals surface area contributed by atoms with Crippen molar-refractivity contribution in [2.45, 2.75) is 37.5 Å². The highest BCUT2D eigenvalue weighted by atomic mass is 19.4. The van der Waals surface area contributed by atoms with E-state index in [0.29, 0.717) is 12.0 Å². The summed E-state index contributed by atoms with van der Waals surface area (Å²) in [6.45, 7) is 2.01. The highest BCUT2D eigenvalue weighted by Gasteiger charge is 2.38. The number of halogens is 3. The molecule has 0 amide bonds. The third kappa shape index (κ3) is 3.46. The summed E-state index contributed by atoms with van der Waals surface area (Å²) in [6, 6.07) is 22.9. The topological polar surface area (TPSA) is 3.24 Å². The lowest BCUT2D eigenvalue weighted by molar-refractivity contribution is -0.137. The Morgan fingerprint density at radius 3 is 2.28 bits per heavy atom. The van der Waals surface area contributed by atoms with Gasteiger partial charge in [0.2, 0.25) is 0 Å². The van der Waals surface area contributed by atoms with Gasteiger partial charge in [-0.1, -0.05) is 54.6 Å². The van der Waals surface area contributed by atoms with Crippen LogP contribution in [0.5, 0.6) is 0 Å². The largest absolute Gasteiger partial charge is 0.416 e. The third-order valence-corrected chi connectivity index (χ3v) is 6.37. The fourth-order valence-electron chi connectivity index (χ4n) is 4.89. The summed E-state index contributed by atoms with van der Waals surface area (Å²) in [4.78, 5) is 2.55. The van der Waals surface area contributed by atoms with Gasteiger partial charge in [-0.15, -0.1) is 0 Å². The predicted octanol–water partition coefficient (Wildman–Crippen LogP) is 6.81. The summed E-state index contributed by atoms with van der Waals surface area (Å²) < 4.78 is 38.6. The number of hydrogen-bond donors (Lipinski definition) is 0. The smallest absolute Gasteiger partial charge is 0.292 e. The van der Waals surface area contributed by atoms with Crippen molar-refractivity contribution in [3.63, 3.8) is 0 Å². The van der Waals surface area contributed by atoms with E-state index in [4.69, 9.17) is 0 Å². The minimum atomic E-state index is -4.30. The quantitative estimate of drug-likeness (QED) is 0.473. The molecule has 29 heavy (non-hydrogen) atoms. The van der Waals surface area contributed by atoms with Gasteiger partial charge in [-0.2, -0.15) is 13.2 Å². The van der Waals surface area contributed by atoms with E-state index in [1.165, 1.54) is 28.8 Å². The number of benzene rings is 3. The molecule has 0 saturated carbocycles. The number of hydrogen-bond acceptors (Lipinski definition) is 1. The number of rotatable bonds is 3. The Morgan fingerprint density at radius 1 is 0.828 bits per heavy atom. The maximum Gasteiger partial charge on any atom is 0.416 e. The van der Waals surface area contributed by atoms with Crippen molar-refractivity contribution in [1.29, 1.82) is 0 Å². The molecule has 0 N–H and O–H groups in total. The standard InChI is InChI=1S/C25H22F3N/c26-25(27,28)21-9-6-18(7-10-21)19-8-11-22-20-12-13-29(24(15-20)23(22)14-19)16-17-4-2-1-3-5-17/h1-11,14,20,24H,12-13,15-16H2/t20?,24-/m1/s1. The Kier molecular flexibility index (Phi) is 4.47. The molecular formula is C25H22F3N. The molecule has 1 fully saturated rings. The van der Waals surface area contributed by atoms with Crippen molar-refractivity contribution >= 4 is 0 Å². The molecule has 2 bridgehead atoms. The number of fused-ring (bicyclic) bond motifs is 5. The van der Waals surface area contributed by atoms with E-state index in [1.54, 1.807) is 12.1 Å². The van der Waals surface area contributed by atoms with Crippen LogP contribution in [0.25, 0.3) is 11.1 Å². The highest BCUT2D eigenvalue weighted by Crippen LogP contribution is 2.50. The molecule has 2 aliphatic rings. The van der Waals surface area contributed by atoms with Crippen LogP contribution in [0.2, 0.25) is 0 Å². The second-order valence-corrected chi connectivity index (χ2v) is 8.11. The molecule has 5 rings (SSSR count). The van der Waals surface area contributed by atoms with Gasteiger partial charge in [0.1, 0.15) is 0 Å². The van der Waals surface area contributed by atoms with Crippen LogP contribution in [-0.2, 0) is 12.7 Å². The molecule has 0 aromatic heterocycles. The van der Waals surface area contributed by atoms with Crippen LogP contribution in [0.1, 0.15) is 47.1 Å². The normalized spacial score (nSPS) is 21.2. The van der Waals surface area contributed by atoms with Crippen LogP contribution >= 0.6 is 0 Å². The summed E-state index contributed by atoms with van der Waals surface area (Å²) in [7, 11) is 0. The van der Waals surface area contributed by atoms with Gasteiger partial charge in [-0.25, -0.2) is 0 Å². The third-order valence-electron chi connectivity index (χ3n) is 6.37. The summed E-state index contributed by atoms with van der Waals surface area (Å²) >= 11 is 0. The average molecular weight is 393 g/mol. The molecule has 4 heteroatoms. The maximum absolute atomic E-state index is 12.9. The first-order chi connectivity index (χ1) is 14.0. The van der Waals surface area contributed by atoms with E-state index in [2.05, 4.69) is 47.4 Å². The van der Waals surface area contributed by atoms with E-state index in [-0.39, 0.29) is 0 Å². The molecule has 3 aromatic carbocycles. The van der Waals surface area contributed by atoms with Gasteiger partial charge in [0.25, 0.3) is 0 Å². The Bertz CT molecular complexity index is 1010. The van der Waals surface area contributed by atoms with Crippen LogP contribution in [0, 0.1) is 0 Å². The summed E-state index contributed by atoms with van der Waals surface area (Å²) in [5.41, 5.74) is 5.30. The van der Waals surface area contributed by atoms with Gasteiger partial charge in [0.15, 0.2) is 0 Å². The van der Waals surface area contributed by atoms with E-state index in [0.717, 1.165) is 37.1 Å². The van der Waals surface area contributed by atoms with Gasteiger partial charge in [-0.3, -0.25) is 4.90 Å². The van der Waals surface area contributed by atoms with Gasteiger partial charge in [-0.05, 0) is 71.3 Å².